The van der Waals surface area contributed by atoms with Gasteiger partial charge in [0.05, 0.1) is 17.2 Å². The van der Waals surface area contributed by atoms with Gasteiger partial charge in [-0.05, 0) is 18.2 Å². The standard InChI is InChI=1S/C16H15FN2O3/c1-10(2)16(21)22-14-8-7-11(9-18-14)15(20)19-13-6-4-3-5-12(13)17/h3-10H,1-2H3,(H,19,20). The first-order valence-corrected chi connectivity index (χ1v) is 6.71. The zero-order valence-corrected chi connectivity index (χ0v) is 12.2. The number of anilines is 1. The van der Waals surface area contributed by atoms with Crippen LogP contribution >= 0.6 is 0 Å². The van der Waals surface area contributed by atoms with Crippen molar-refractivity contribution in [2.24, 2.45) is 5.92 Å². The number of halogens is 1. The Hall–Kier alpha value is -2.76. The van der Waals surface area contributed by atoms with Gasteiger partial charge in [-0.3, -0.25) is 9.59 Å². The summed E-state index contributed by atoms with van der Waals surface area (Å²) in [5, 5.41) is 2.44. The van der Waals surface area contributed by atoms with Crippen LogP contribution in [0, 0.1) is 11.7 Å². The van der Waals surface area contributed by atoms with Crippen molar-refractivity contribution < 1.29 is 18.7 Å². The molecule has 2 rings (SSSR count). The van der Waals surface area contributed by atoms with Crippen LogP contribution in [0.2, 0.25) is 0 Å². The van der Waals surface area contributed by atoms with Gasteiger partial charge in [-0.25, -0.2) is 9.37 Å². The number of para-hydroxylation sites is 1. The molecule has 5 nitrogen and oxygen atoms in total. The van der Waals surface area contributed by atoms with E-state index in [1.165, 1.54) is 36.5 Å². The molecule has 114 valence electrons. The van der Waals surface area contributed by atoms with E-state index in [0.29, 0.717) is 0 Å². The first-order valence-electron chi connectivity index (χ1n) is 6.71. The number of hydrogen-bond donors (Lipinski definition) is 1. The molecule has 1 aromatic heterocycles. The topological polar surface area (TPSA) is 68.3 Å². The average molecular weight is 302 g/mol. The lowest BCUT2D eigenvalue weighted by Crippen LogP contribution is -2.16. The minimum Gasteiger partial charge on any atom is -0.407 e. The maximum absolute atomic E-state index is 13.5. The van der Waals surface area contributed by atoms with Crippen LogP contribution in [-0.2, 0) is 4.79 Å². The van der Waals surface area contributed by atoms with E-state index < -0.39 is 17.7 Å². The Labute approximate surface area is 127 Å². The second-order valence-electron chi connectivity index (χ2n) is 4.89. The molecule has 6 heteroatoms. The van der Waals surface area contributed by atoms with Crippen molar-refractivity contribution in [3.63, 3.8) is 0 Å². The van der Waals surface area contributed by atoms with Crippen molar-refractivity contribution >= 4 is 17.6 Å². The van der Waals surface area contributed by atoms with Crippen molar-refractivity contribution in [1.29, 1.82) is 0 Å². The first kappa shape index (κ1) is 15.6. The lowest BCUT2D eigenvalue weighted by Gasteiger charge is -2.07. The predicted octanol–water partition coefficient (Wildman–Crippen LogP) is 3.03. The number of carbonyl (C=O) groups excluding carboxylic acids is 2. The van der Waals surface area contributed by atoms with Crippen LogP contribution in [0.4, 0.5) is 10.1 Å². The van der Waals surface area contributed by atoms with E-state index in [9.17, 15) is 14.0 Å². The minimum atomic E-state index is -0.522. The normalized spacial score (nSPS) is 10.4. The molecular formula is C16H15FN2O3. The smallest absolute Gasteiger partial charge is 0.315 e. The summed E-state index contributed by atoms with van der Waals surface area (Å²) in [5.41, 5.74) is 0.315. The van der Waals surface area contributed by atoms with Crippen LogP contribution in [0.1, 0.15) is 24.2 Å². The highest BCUT2D eigenvalue weighted by atomic mass is 19.1. The van der Waals surface area contributed by atoms with E-state index in [-0.39, 0.29) is 23.0 Å². The SMILES string of the molecule is CC(C)C(=O)Oc1ccc(C(=O)Nc2ccccc2F)cn1. The molecule has 2 aromatic rings. The van der Waals surface area contributed by atoms with Gasteiger partial charge in [0.1, 0.15) is 5.82 Å². The molecule has 0 saturated carbocycles. The fourth-order valence-corrected chi connectivity index (χ4v) is 1.55. The molecule has 0 saturated heterocycles. The Kier molecular flexibility index (Phi) is 4.83. The molecule has 0 spiro atoms. The van der Waals surface area contributed by atoms with E-state index in [2.05, 4.69) is 10.3 Å². The van der Waals surface area contributed by atoms with Gasteiger partial charge in [-0.15, -0.1) is 0 Å². The summed E-state index contributed by atoms with van der Waals surface area (Å²) in [4.78, 5) is 27.3. The number of aromatic nitrogens is 1. The Morgan fingerprint density at radius 1 is 1.18 bits per heavy atom. The molecule has 0 aliphatic rings. The number of benzene rings is 1. The third-order valence-corrected chi connectivity index (χ3v) is 2.80. The van der Waals surface area contributed by atoms with Crippen molar-refractivity contribution in [3.05, 3.63) is 54.0 Å². The highest BCUT2D eigenvalue weighted by Crippen LogP contribution is 2.15. The van der Waals surface area contributed by atoms with Gasteiger partial charge in [0.15, 0.2) is 0 Å². The Balaban J connectivity index is 2.05. The van der Waals surface area contributed by atoms with Gasteiger partial charge in [-0.1, -0.05) is 26.0 Å². The number of carbonyl (C=O) groups is 2. The fraction of sp³-hybridized carbons (Fsp3) is 0.188. The third-order valence-electron chi connectivity index (χ3n) is 2.80. The summed E-state index contributed by atoms with van der Waals surface area (Å²) in [6, 6.07) is 8.72. The van der Waals surface area contributed by atoms with Gasteiger partial charge < -0.3 is 10.1 Å². The second kappa shape index (κ2) is 6.80. The highest BCUT2D eigenvalue weighted by molar-refractivity contribution is 6.04. The van der Waals surface area contributed by atoms with Crippen LogP contribution in [-0.4, -0.2) is 16.9 Å². The predicted molar refractivity (Wildman–Crippen MR) is 79.1 cm³/mol. The molecule has 0 aliphatic carbocycles. The lowest BCUT2D eigenvalue weighted by atomic mass is 10.2. The first-order chi connectivity index (χ1) is 10.5. The largest absolute Gasteiger partial charge is 0.407 e. The molecule has 0 bridgehead atoms. The summed E-state index contributed by atoms with van der Waals surface area (Å²) in [6.45, 7) is 3.41. The van der Waals surface area contributed by atoms with E-state index >= 15 is 0 Å². The number of pyridine rings is 1. The number of nitrogens with zero attached hydrogens (tertiary/aromatic N) is 1. The molecule has 1 N–H and O–H groups in total. The van der Waals surface area contributed by atoms with Gasteiger partial charge in [-0.2, -0.15) is 0 Å². The Morgan fingerprint density at radius 2 is 1.91 bits per heavy atom. The van der Waals surface area contributed by atoms with Gasteiger partial charge in [0.25, 0.3) is 5.91 Å². The van der Waals surface area contributed by atoms with Crippen molar-refractivity contribution in [2.75, 3.05) is 5.32 Å². The fourth-order valence-electron chi connectivity index (χ4n) is 1.55. The summed E-state index contributed by atoms with van der Waals surface area (Å²) < 4.78 is 18.5. The molecule has 0 aliphatic heterocycles. The maximum atomic E-state index is 13.5. The van der Waals surface area contributed by atoms with Crippen LogP contribution in [0.15, 0.2) is 42.6 Å². The molecule has 0 radical (unpaired) electrons. The number of nitrogens with one attached hydrogen (secondary N) is 1. The molecule has 0 atom stereocenters. The minimum absolute atomic E-state index is 0.0859. The van der Waals surface area contributed by atoms with Gasteiger partial charge in [0, 0.05) is 12.3 Å². The van der Waals surface area contributed by atoms with Crippen LogP contribution in [0.5, 0.6) is 5.88 Å². The number of esters is 1. The van der Waals surface area contributed by atoms with Gasteiger partial charge in [0.2, 0.25) is 5.88 Å². The molecule has 1 amide bonds. The van der Waals surface area contributed by atoms with E-state index in [0.717, 1.165) is 0 Å². The van der Waals surface area contributed by atoms with E-state index in [1.807, 2.05) is 0 Å². The van der Waals surface area contributed by atoms with Crippen molar-refractivity contribution in [2.45, 2.75) is 13.8 Å². The van der Waals surface area contributed by atoms with E-state index in [4.69, 9.17) is 4.74 Å². The molecule has 0 unspecified atom stereocenters. The number of amides is 1. The van der Waals surface area contributed by atoms with Crippen molar-refractivity contribution in [3.8, 4) is 5.88 Å². The summed E-state index contributed by atoms with van der Waals surface area (Å²) >= 11 is 0. The zero-order chi connectivity index (χ0) is 16.1. The monoisotopic (exact) mass is 302 g/mol. The quantitative estimate of drug-likeness (QED) is 0.881. The average Bonchev–Trinajstić information content (AvgIpc) is 2.50. The zero-order valence-electron chi connectivity index (χ0n) is 12.2. The Bertz CT molecular complexity index is 684. The number of rotatable bonds is 4. The highest BCUT2D eigenvalue weighted by Gasteiger charge is 2.12. The van der Waals surface area contributed by atoms with Crippen LogP contribution in [0.25, 0.3) is 0 Å². The Morgan fingerprint density at radius 3 is 2.50 bits per heavy atom. The molecule has 22 heavy (non-hydrogen) atoms. The van der Waals surface area contributed by atoms with E-state index in [1.54, 1.807) is 19.9 Å². The molecule has 0 fully saturated rings. The summed E-state index contributed by atoms with van der Waals surface area (Å²) in [6.07, 6.45) is 1.26. The number of ether oxygens (including phenoxy) is 1. The summed E-state index contributed by atoms with van der Waals surface area (Å²) in [7, 11) is 0. The molecule has 1 heterocycles. The number of hydrogen-bond acceptors (Lipinski definition) is 4. The van der Waals surface area contributed by atoms with Crippen LogP contribution < -0.4 is 10.1 Å². The summed E-state index contributed by atoms with van der Waals surface area (Å²) in [5.74, 6) is -1.59. The molecular weight excluding hydrogens is 287 g/mol. The van der Waals surface area contributed by atoms with Crippen LogP contribution in [0.3, 0.4) is 0 Å². The van der Waals surface area contributed by atoms with Crippen molar-refractivity contribution in [1.82, 2.24) is 4.98 Å². The maximum Gasteiger partial charge on any atom is 0.315 e. The third kappa shape index (κ3) is 3.88. The molecule has 1 aromatic carbocycles. The lowest BCUT2D eigenvalue weighted by molar-refractivity contribution is -0.138. The second-order valence-corrected chi connectivity index (χ2v) is 4.89. The van der Waals surface area contributed by atoms with Gasteiger partial charge >= 0.3 is 5.97 Å².